The zero-order valence-corrected chi connectivity index (χ0v) is 20.2. The topological polar surface area (TPSA) is 21.7 Å². The number of nitrogens with zero attached hydrogens (tertiary/aromatic N) is 1. The van der Waals surface area contributed by atoms with Crippen molar-refractivity contribution < 1.29 is 9.31 Å². The number of benzene rings is 3. The van der Waals surface area contributed by atoms with Crippen molar-refractivity contribution in [2.24, 2.45) is 0 Å². The highest BCUT2D eigenvalue weighted by Gasteiger charge is 2.36. The van der Waals surface area contributed by atoms with Crippen LogP contribution >= 0.6 is 0 Å². The predicted octanol–water partition coefficient (Wildman–Crippen LogP) is 6.73. The molecule has 0 saturated heterocycles. The van der Waals surface area contributed by atoms with Gasteiger partial charge in [-0.25, -0.2) is 0 Å². The molecule has 32 heavy (non-hydrogen) atoms. The number of rotatable bonds is 7. The Kier molecular flexibility index (Phi) is 6.20. The number of para-hydroxylation sites is 2. The van der Waals surface area contributed by atoms with Crippen molar-refractivity contribution >= 4 is 29.6 Å². The summed E-state index contributed by atoms with van der Waals surface area (Å²) in [5.41, 5.74) is 7.01. The van der Waals surface area contributed by atoms with E-state index in [0.29, 0.717) is 6.61 Å². The standard InChI is InChI=1S/C28H34BNO2/c1-7-27(3,4)32-29(31-8-2)21-17-19-22(20-18-21)30-25-15-11-9-13-23(25)28(5,6)24-14-10-12-16-26(24)30/h9-20H,7-8H2,1-6H3. The van der Waals surface area contributed by atoms with E-state index in [9.17, 15) is 0 Å². The maximum Gasteiger partial charge on any atom is 0.494 e. The van der Waals surface area contributed by atoms with Gasteiger partial charge in [0, 0.05) is 23.3 Å². The molecule has 1 aliphatic heterocycles. The fourth-order valence-corrected chi connectivity index (χ4v) is 4.45. The van der Waals surface area contributed by atoms with Gasteiger partial charge in [-0.3, -0.25) is 0 Å². The Morgan fingerprint density at radius 3 is 1.84 bits per heavy atom. The Bertz CT molecular complexity index is 1030. The van der Waals surface area contributed by atoms with E-state index in [1.807, 2.05) is 6.92 Å². The van der Waals surface area contributed by atoms with Gasteiger partial charge in [-0.15, -0.1) is 0 Å². The first-order valence-electron chi connectivity index (χ1n) is 11.7. The summed E-state index contributed by atoms with van der Waals surface area (Å²) in [4.78, 5) is 2.37. The van der Waals surface area contributed by atoms with Crippen LogP contribution in [0, 0.1) is 0 Å². The summed E-state index contributed by atoms with van der Waals surface area (Å²) in [6.45, 7) is 13.6. The minimum atomic E-state index is -0.371. The van der Waals surface area contributed by atoms with E-state index < -0.39 is 0 Å². The maximum absolute atomic E-state index is 6.30. The molecule has 0 N–H and O–H groups in total. The van der Waals surface area contributed by atoms with Gasteiger partial charge in [-0.1, -0.05) is 69.3 Å². The molecular weight excluding hydrogens is 393 g/mol. The fourth-order valence-electron chi connectivity index (χ4n) is 4.45. The van der Waals surface area contributed by atoms with Gasteiger partial charge in [0.05, 0.1) is 11.4 Å². The van der Waals surface area contributed by atoms with E-state index in [1.54, 1.807) is 0 Å². The van der Waals surface area contributed by atoms with Gasteiger partial charge < -0.3 is 14.2 Å². The molecule has 3 nitrogen and oxygen atoms in total. The van der Waals surface area contributed by atoms with Crippen molar-refractivity contribution in [2.45, 2.75) is 59.0 Å². The largest absolute Gasteiger partial charge is 0.494 e. The second kappa shape index (κ2) is 8.76. The van der Waals surface area contributed by atoms with Crippen LogP contribution in [0.2, 0.25) is 0 Å². The molecule has 0 fully saturated rings. The van der Waals surface area contributed by atoms with Crippen LogP contribution in [0.1, 0.15) is 59.1 Å². The Morgan fingerprint density at radius 1 is 0.812 bits per heavy atom. The summed E-state index contributed by atoms with van der Waals surface area (Å²) in [6.07, 6.45) is 0.922. The zero-order chi connectivity index (χ0) is 22.9. The van der Waals surface area contributed by atoms with Gasteiger partial charge in [0.25, 0.3) is 0 Å². The first-order valence-corrected chi connectivity index (χ1v) is 11.7. The number of fused-ring (bicyclic) bond motifs is 2. The summed E-state index contributed by atoms with van der Waals surface area (Å²) in [5, 5.41) is 0. The molecule has 4 heteroatoms. The van der Waals surface area contributed by atoms with Crippen molar-refractivity contribution in [3.8, 4) is 0 Å². The van der Waals surface area contributed by atoms with Crippen LogP contribution in [0.3, 0.4) is 0 Å². The minimum absolute atomic E-state index is 0.0523. The van der Waals surface area contributed by atoms with Gasteiger partial charge >= 0.3 is 7.12 Å². The lowest BCUT2D eigenvalue weighted by atomic mass is 9.73. The minimum Gasteiger partial charge on any atom is -0.408 e. The first-order chi connectivity index (χ1) is 15.3. The van der Waals surface area contributed by atoms with Crippen LogP contribution in [-0.2, 0) is 14.7 Å². The van der Waals surface area contributed by atoms with Crippen LogP contribution in [0.5, 0.6) is 0 Å². The summed E-state index contributed by atoms with van der Waals surface area (Å²) in [7, 11) is -0.371. The quantitative estimate of drug-likeness (QED) is 0.390. The summed E-state index contributed by atoms with van der Waals surface area (Å²) >= 11 is 0. The molecule has 0 amide bonds. The van der Waals surface area contributed by atoms with Gasteiger partial charge in [0.2, 0.25) is 0 Å². The molecule has 0 radical (unpaired) electrons. The van der Waals surface area contributed by atoms with Crippen LogP contribution in [0.15, 0.2) is 72.8 Å². The molecule has 0 atom stereocenters. The van der Waals surface area contributed by atoms with Crippen molar-refractivity contribution in [3.63, 3.8) is 0 Å². The Hall–Kier alpha value is -2.56. The third-order valence-corrected chi connectivity index (χ3v) is 6.66. The lowest BCUT2D eigenvalue weighted by Gasteiger charge is -2.42. The van der Waals surface area contributed by atoms with E-state index in [2.05, 4.69) is 112 Å². The van der Waals surface area contributed by atoms with Gasteiger partial charge in [0.1, 0.15) is 0 Å². The summed E-state index contributed by atoms with van der Waals surface area (Å²) < 4.78 is 12.3. The van der Waals surface area contributed by atoms with Gasteiger partial charge in [-0.05, 0) is 68.0 Å². The molecule has 166 valence electrons. The summed E-state index contributed by atoms with van der Waals surface area (Å²) in [6, 6.07) is 26.1. The normalized spacial score (nSPS) is 14.6. The molecule has 3 aromatic carbocycles. The number of hydrogen-bond donors (Lipinski definition) is 0. The zero-order valence-electron chi connectivity index (χ0n) is 20.2. The van der Waals surface area contributed by atoms with E-state index in [-0.39, 0.29) is 18.1 Å². The Morgan fingerprint density at radius 2 is 1.34 bits per heavy atom. The van der Waals surface area contributed by atoms with E-state index in [1.165, 1.54) is 22.5 Å². The van der Waals surface area contributed by atoms with Crippen molar-refractivity contribution in [3.05, 3.63) is 83.9 Å². The average Bonchev–Trinajstić information content (AvgIpc) is 2.79. The molecular formula is C28H34BNO2. The third kappa shape index (κ3) is 4.10. The molecule has 1 heterocycles. The average molecular weight is 427 g/mol. The lowest BCUT2D eigenvalue weighted by Crippen LogP contribution is -2.43. The highest BCUT2D eigenvalue weighted by Crippen LogP contribution is 2.51. The van der Waals surface area contributed by atoms with E-state index >= 15 is 0 Å². The first kappa shape index (κ1) is 22.6. The van der Waals surface area contributed by atoms with E-state index in [4.69, 9.17) is 9.31 Å². The highest BCUT2D eigenvalue weighted by molar-refractivity contribution is 6.61. The van der Waals surface area contributed by atoms with Crippen LogP contribution < -0.4 is 10.4 Å². The molecule has 0 saturated carbocycles. The Balaban J connectivity index is 1.75. The van der Waals surface area contributed by atoms with Crippen LogP contribution in [0.4, 0.5) is 17.1 Å². The lowest BCUT2D eigenvalue weighted by molar-refractivity contribution is 0.0706. The molecule has 0 unspecified atom stereocenters. The van der Waals surface area contributed by atoms with Crippen LogP contribution in [-0.4, -0.2) is 19.3 Å². The monoisotopic (exact) mass is 427 g/mol. The van der Waals surface area contributed by atoms with Crippen molar-refractivity contribution in [1.82, 2.24) is 0 Å². The van der Waals surface area contributed by atoms with Crippen molar-refractivity contribution in [1.29, 1.82) is 0 Å². The fraction of sp³-hybridized carbons (Fsp3) is 0.357. The molecule has 0 aromatic heterocycles. The number of anilines is 3. The summed E-state index contributed by atoms with van der Waals surface area (Å²) in [5.74, 6) is 0. The molecule has 0 aliphatic carbocycles. The highest BCUT2D eigenvalue weighted by atomic mass is 16.6. The van der Waals surface area contributed by atoms with Crippen LogP contribution in [0.25, 0.3) is 0 Å². The smallest absolute Gasteiger partial charge is 0.408 e. The molecule has 0 bridgehead atoms. The van der Waals surface area contributed by atoms with Crippen molar-refractivity contribution in [2.75, 3.05) is 11.5 Å². The second-order valence-corrected chi connectivity index (χ2v) is 9.60. The van der Waals surface area contributed by atoms with Gasteiger partial charge in [-0.2, -0.15) is 0 Å². The van der Waals surface area contributed by atoms with Gasteiger partial charge in [0.15, 0.2) is 0 Å². The molecule has 1 aliphatic rings. The maximum atomic E-state index is 6.30. The van der Waals surface area contributed by atoms with E-state index in [0.717, 1.165) is 17.6 Å². The third-order valence-electron chi connectivity index (χ3n) is 6.66. The SMILES string of the molecule is CCOB(OC(C)(C)CC)c1ccc(N2c3ccccc3C(C)(C)c3ccccc32)cc1. The second-order valence-electron chi connectivity index (χ2n) is 9.60. The molecule has 4 rings (SSSR count). The molecule has 3 aromatic rings. The Labute approximate surface area is 193 Å². The predicted molar refractivity (Wildman–Crippen MR) is 136 cm³/mol. The number of hydrogen-bond acceptors (Lipinski definition) is 3. The molecule has 0 spiro atoms.